The first-order chi connectivity index (χ1) is 7.69. The maximum Gasteiger partial charge on any atom is 0.190 e. The minimum Gasteiger partial charge on any atom is -0.485 e. The number of benzene rings is 1. The second-order valence-electron chi connectivity index (χ2n) is 3.21. The minimum absolute atomic E-state index is 0.347. The van der Waals surface area contributed by atoms with E-state index in [0.717, 1.165) is 0 Å². The van der Waals surface area contributed by atoms with Gasteiger partial charge in [0.1, 0.15) is 13.3 Å². The van der Waals surface area contributed by atoms with Crippen molar-refractivity contribution in [3.05, 3.63) is 29.3 Å². The molecule has 0 aromatic heterocycles. The standard InChI is InChI=1S/C11H14F3NO/c1-2-15-7-8-5-9(13)11(10(14)6-8)16-4-3-12/h5-6,15H,2-4,7H2,1H3. The van der Waals surface area contributed by atoms with Crippen molar-refractivity contribution >= 4 is 0 Å². The highest BCUT2D eigenvalue weighted by atomic mass is 19.1. The van der Waals surface area contributed by atoms with Crippen LogP contribution in [0.4, 0.5) is 13.2 Å². The summed E-state index contributed by atoms with van der Waals surface area (Å²) in [7, 11) is 0. The third-order valence-corrected chi connectivity index (χ3v) is 1.96. The molecule has 0 saturated carbocycles. The molecular weight excluding hydrogens is 219 g/mol. The molecule has 0 unspecified atom stereocenters. The number of hydrogen-bond donors (Lipinski definition) is 1. The van der Waals surface area contributed by atoms with Gasteiger partial charge < -0.3 is 10.1 Å². The highest BCUT2D eigenvalue weighted by molar-refractivity contribution is 5.31. The van der Waals surface area contributed by atoms with Gasteiger partial charge in [-0.2, -0.15) is 0 Å². The molecule has 0 bridgehead atoms. The predicted octanol–water partition coefficient (Wildman–Crippen LogP) is 2.42. The molecule has 0 spiro atoms. The summed E-state index contributed by atoms with van der Waals surface area (Å²) in [5, 5.41) is 2.95. The Bertz CT molecular complexity index is 321. The van der Waals surface area contributed by atoms with Crippen LogP contribution in [-0.4, -0.2) is 19.8 Å². The van der Waals surface area contributed by atoms with Gasteiger partial charge >= 0.3 is 0 Å². The van der Waals surface area contributed by atoms with Crippen LogP contribution in [0.5, 0.6) is 5.75 Å². The van der Waals surface area contributed by atoms with E-state index in [0.29, 0.717) is 18.7 Å². The van der Waals surface area contributed by atoms with Crippen LogP contribution in [0.25, 0.3) is 0 Å². The Hall–Kier alpha value is -1.23. The van der Waals surface area contributed by atoms with Crippen molar-refractivity contribution in [1.82, 2.24) is 5.32 Å². The predicted molar refractivity (Wildman–Crippen MR) is 55.2 cm³/mol. The molecule has 0 radical (unpaired) electrons. The molecule has 0 aliphatic heterocycles. The molecule has 1 N–H and O–H groups in total. The number of hydrogen-bond acceptors (Lipinski definition) is 2. The Morgan fingerprint density at radius 1 is 1.25 bits per heavy atom. The summed E-state index contributed by atoms with van der Waals surface area (Å²) in [6.07, 6.45) is 0. The first-order valence-corrected chi connectivity index (χ1v) is 5.06. The number of alkyl halides is 1. The lowest BCUT2D eigenvalue weighted by Gasteiger charge is -2.09. The molecule has 5 heteroatoms. The van der Waals surface area contributed by atoms with Gasteiger partial charge in [-0.3, -0.25) is 0 Å². The third kappa shape index (κ3) is 3.41. The van der Waals surface area contributed by atoms with Crippen molar-refractivity contribution in [2.75, 3.05) is 19.8 Å². The second kappa shape index (κ2) is 6.37. The summed E-state index contributed by atoms with van der Waals surface area (Å²) in [6, 6.07) is 2.36. The van der Waals surface area contributed by atoms with E-state index in [2.05, 4.69) is 10.1 Å². The molecule has 90 valence electrons. The van der Waals surface area contributed by atoms with E-state index in [1.54, 1.807) is 0 Å². The van der Waals surface area contributed by atoms with Crippen LogP contribution >= 0.6 is 0 Å². The average molecular weight is 233 g/mol. The lowest BCUT2D eigenvalue weighted by molar-refractivity contribution is 0.251. The largest absolute Gasteiger partial charge is 0.485 e. The van der Waals surface area contributed by atoms with Crippen molar-refractivity contribution in [2.24, 2.45) is 0 Å². The second-order valence-corrected chi connectivity index (χ2v) is 3.21. The molecule has 0 aliphatic rings. The highest BCUT2D eigenvalue weighted by Gasteiger charge is 2.12. The normalized spacial score (nSPS) is 10.5. The van der Waals surface area contributed by atoms with Gasteiger partial charge in [-0.15, -0.1) is 0 Å². The zero-order valence-electron chi connectivity index (χ0n) is 9.03. The fourth-order valence-corrected chi connectivity index (χ4v) is 1.26. The molecule has 1 aromatic carbocycles. The van der Waals surface area contributed by atoms with E-state index in [1.165, 1.54) is 12.1 Å². The van der Waals surface area contributed by atoms with E-state index >= 15 is 0 Å². The Kier molecular flexibility index (Phi) is 5.11. The Morgan fingerprint density at radius 2 is 1.88 bits per heavy atom. The van der Waals surface area contributed by atoms with Crippen LogP contribution in [0.1, 0.15) is 12.5 Å². The van der Waals surface area contributed by atoms with Crippen LogP contribution < -0.4 is 10.1 Å². The summed E-state index contributed by atoms with van der Waals surface area (Å²) in [5.41, 5.74) is 0.490. The lowest BCUT2D eigenvalue weighted by Crippen LogP contribution is -2.12. The molecule has 0 saturated heterocycles. The van der Waals surface area contributed by atoms with Crippen LogP contribution in [0.15, 0.2) is 12.1 Å². The zero-order valence-corrected chi connectivity index (χ0v) is 9.03. The van der Waals surface area contributed by atoms with Crippen molar-refractivity contribution in [2.45, 2.75) is 13.5 Å². The minimum atomic E-state index is -0.804. The Labute approximate surface area is 92.4 Å². The molecule has 0 amide bonds. The Morgan fingerprint density at radius 3 is 2.38 bits per heavy atom. The third-order valence-electron chi connectivity index (χ3n) is 1.96. The monoisotopic (exact) mass is 233 g/mol. The topological polar surface area (TPSA) is 21.3 Å². The van der Waals surface area contributed by atoms with Gasteiger partial charge in [-0.1, -0.05) is 6.92 Å². The van der Waals surface area contributed by atoms with E-state index in [9.17, 15) is 13.2 Å². The van der Waals surface area contributed by atoms with E-state index in [4.69, 9.17) is 0 Å². The molecule has 1 rings (SSSR count). The van der Waals surface area contributed by atoms with Gasteiger partial charge in [-0.25, -0.2) is 13.2 Å². The van der Waals surface area contributed by atoms with Crippen molar-refractivity contribution in [3.63, 3.8) is 0 Å². The summed E-state index contributed by atoms with van der Waals surface area (Å²) in [5.74, 6) is -2.12. The van der Waals surface area contributed by atoms with Gasteiger partial charge in [0, 0.05) is 6.54 Å². The van der Waals surface area contributed by atoms with Gasteiger partial charge in [0.05, 0.1) is 0 Å². The maximum atomic E-state index is 13.3. The van der Waals surface area contributed by atoms with Crippen LogP contribution in [0, 0.1) is 11.6 Å². The molecule has 0 aliphatic carbocycles. The molecule has 0 heterocycles. The summed E-state index contributed by atoms with van der Waals surface area (Å²) >= 11 is 0. The first-order valence-electron chi connectivity index (χ1n) is 5.06. The smallest absolute Gasteiger partial charge is 0.190 e. The lowest BCUT2D eigenvalue weighted by atomic mass is 10.2. The fraction of sp³-hybridized carbons (Fsp3) is 0.455. The summed E-state index contributed by atoms with van der Waals surface area (Å²) < 4.78 is 43.1. The van der Waals surface area contributed by atoms with Gasteiger partial charge in [0.2, 0.25) is 0 Å². The van der Waals surface area contributed by atoms with Gasteiger partial charge in [-0.05, 0) is 24.2 Å². The van der Waals surface area contributed by atoms with E-state index < -0.39 is 24.1 Å². The summed E-state index contributed by atoms with van der Waals surface area (Å²) in [4.78, 5) is 0. The number of rotatable bonds is 6. The van der Waals surface area contributed by atoms with Crippen molar-refractivity contribution in [1.29, 1.82) is 0 Å². The molecule has 1 aromatic rings. The van der Waals surface area contributed by atoms with Crippen molar-refractivity contribution in [3.8, 4) is 5.75 Å². The van der Waals surface area contributed by atoms with E-state index in [-0.39, 0.29) is 6.61 Å². The highest BCUT2D eigenvalue weighted by Crippen LogP contribution is 2.23. The van der Waals surface area contributed by atoms with E-state index in [1.807, 2.05) is 6.92 Å². The molecule has 2 nitrogen and oxygen atoms in total. The maximum absolute atomic E-state index is 13.3. The number of nitrogens with one attached hydrogen (secondary N) is 1. The fourth-order valence-electron chi connectivity index (χ4n) is 1.26. The van der Waals surface area contributed by atoms with Crippen LogP contribution in [-0.2, 0) is 6.54 Å². The zero-order chi connectivity index (χ0) is 12.0. The SMILES string of the molecule is CCNCc1cc(F)c(OCCF)c(F)c1. The van der Waals surface area contributed by atoms with Gasteiger partial charge in [0.25, 0.3) is 0 Å². The molecule has 0 atom stereocenters. The van der Waals surface area contributed by atoms with Crippen LogP contribution in [0.3, 0.4) is 0 Å². The Balaban J connectivity index is 2.80. The quantitative estimate of drug-likeness (QED) is 0.814. The molecule has 0 fully saturated rings. The number of halogens is 3. The van der Waals surface area contributed by atoms with Crippen molar-refractivity contribution < 1.29 is 17.9 Å². The average Bonchev–Trinajstić information content (AvgIpc) is 2.25. The molecule has 16 heavy (non-hydrogen) atoms. The first kappa shape index (κ1) is 12.8. The van der Waals surface area contributed by atoms with Crippen LogP contribution in [0.2, 0.25) is 0 Å². The summed E-state index contributed by atoms with van der Waals surface area (Å²) in [6.45, 7) is 1.86. The number of ether oxygens (including phenoxy) is 1. The molecular formula is C11H14F3NO. The van der Waals surface area contributed by atoms with Gasteiger partial charge in [0.15, 0.2) is 17.4 Å².